The minimum atomic E-state index is -0.709. The zero-order chi connectivity index (χ0) is 31.7. The third-order valence-electron chi connectivity index (χ3n) is 10.0. The molecule has 4 heterocycles. The number of rotatable bonds is 9. The zero-order valence-electron chi connectivity index (χ0n) is 26.1. The maximum absolute atomic E-state index is 12.8. The molecule has 0 unspecified atom stereocenters. The van der Waals surface area contributed by atoms with Gasteiger partial charge in [0.2, 0.25) is 5.91 Å². The summed E-state index contributed by atoms with van der Waals surface area (Å²) in [6.45, 7) is 4.65. The number of aromatic hydroxyl groups is 1. The number of ether oxygens (including phenoxy) is 1. The van der Waals surface area contributed by atoms with Crippen molar-refractivity contribution in [2.45, 2.75) is 56.7 Å². The molecule has 3 fully saturated rings. The van der Waals surface area contributed by atoms with Gasteiger partial charge in [0.25, 0.3) is 0 Å². The van der Waals surface area contributed by atoms with Crippen LogP contribution in [0.1, 0.15) is 43.4 Å². The number of allylic oxidation sites excluding steroid dienone is 1. The molecule has 2 aromatic carbocycles. The average molecular weight is 626 g/mol. The second kappa shape index (κ2) is 12.8. The normalized spacial score (nSPS) is 21.0. The van der Waals surface area contributed by atoms with Gasteiger partial charge in [-0.2, -0.15) is 15.2 Å². The number of anilines is 2. The molecular formula is C35H40FN7O3. The molecule has 1 saturated carbocycles. The lowest BCUT2D eigenvalue weighted by Gasteiger charge is -2.42. The first-order valence-electron chi connectivity index (χ1n) is 16.4. The Balaban J connectivity index is 1.20. The molecule has 11 heteroatoms. The van der Waals surface area contributed by atoms with Crippen molar-refractivity contribution in [3.63, 3.8) is 0 Å². The van der Waals surface area contributed by atoms with Crippen LogP contribution in [0.5, 0.6) is 11.8 Å². The van der Waals surface area contributed by atoms with Crippen LogP contribution in [0.4, 0.5) is 15.9 Å². The number of hydrogen-bond acceptors (Lipinski definition) is 9. The molecule has 1 atom stereocenters. The SMILES string of the molecule is N#CC[C@H]1CN(c2nc(OCC3(N4CCCC4)CC3)nc3c2CCN(c2cc(O)cc4ccccc24)C3)CCN1C(=O)/C=C/CF. The van der Waals surface area contributed by atoms with E-state index in [2.05, 4.69) is 26.8 Å². The molecule has 3 aliphatic heterocycles. The van der Waals surface area contributed by atoms with Gasteiger partial charge in [0.15, 0.2) is 0 Å². The van der Waals surface area contributed by atoms with Gasteiger partial charge in [0, 0.05) is 55.0 Å². The van der Waals surface area contributed by atoms with Gasteiger partial charge < -0.3 is 24.5 Å². The topological polar surface area (TPSA) is 109 Å². The molecule has 4 aliphatic rings. The Kier molecular flexibility index (Phi) is 8.38. The van der Waals surface area contributed by atoms with Crippen molar-refractivity contribution < 1.29 is 19.0 Å². The average Bonchev–Trinajstić information content (AvgIpc) is 3.66. The summed E-state index contributed by atoms with van der Waals surface area (Å²) < 4.78 is 19.2. The molecule has 1 N–H and O–H groups in total. The molecule has 2 saturated heterocycles. The number of phenolic OH excluding ortho intramolecular Hbond substituents is 1. The molecule has 1 aliphatic carbocycles. The van der Waals surface area contributed by atoms with Gasteiger partial charge in [-0.05, 0) is 62.7 Å². The number of nitrogens with zero attached hydrogens (tertiary/aromatic N) is 7. The molecule has 1 aromatic heterocycles. The second-order valence-electron chi connectivity index (χ2n) is 12.9. The summed E-state index contributed by atoms with van der Waals surface area (Å²) >= 11 is 0. The van der Waals surface area contributed by atoms with Crippen molar-refractivity contribution in [2.24, 2.45) is 0 Å². The lowest BCUT2D eigenvalue weighted by Crippen LogP contribution is -2.55. The minimum absolute atomic E-state index is 0.0689. The molecule has 3 aromatic rings. The number of aromatic nitrogens is 2. The third kappa shape index (κ3) is 5.94. The Bertz CT molecular complexity index is 1680. The largest absolute Gasteiger partial charge is 0.508 e. The fourth-order valence-corrected chi connectivity index (χ4v) is 7.40. The highest BCUT2D eigenvalue weighted by Crippen LogP contribution is 2.44. The van der Waals surface area contributed by atoms with Crippen LogP contribution >= 0.6 is 0 Å². The van der Waals surface area contributed by atoms with Gasteiger partial charge in [-0.3, -0.25) is 9.69 Å². The predicted molar refractivity (Wildman–Crippen MR) is 174 cm³/mol. The van der Waals surface area contributed by atoms with Gasteiger partial charge in [0.05, 0.1) is 36.3 Å². The number of hydrogen-bond donors (Lipinski definition) is 1. The van der Waals surface area contributed by atoms with Crippen LogP contribution in [0.15, 0.2) is 48.6 Å². The number of carbonyl (C=O) groups is 1. The summed E-state index contributed by atoms with van der Waals surface area (Å²) in [7, 11) is 0. The molecule has 1 amide bonds. The first kappa shape index (κ1) is 30.2. The first-order valence-corrected chi connectivity index (χ1v) is 16.4. The molecule has 0 radical (unpaired) electrons. The molecule has 10 nitrogen and oxygen atoms in total. The van der Waals surface area contributed by atoms with E-state index < -0.39 is 6.67 Å². The van der Waals surface area contributed by atoms with Crippen molar-refractivity contribution in [1.29, 1.82) is 5.26 Å². The molecule has 7 rings (SSSR count). The van der Waals surface area contributed by atoms with E-state index in [0.29, 0.717) is 51.8 Å². The van der Waals surface area contributed by atoms with Crippen LogP contribution in [-0.4, -0.2) is 94.9 Å². The Morgan fingerprint density at radius 1 is 1.11 bits per heavy atom. The number of carbonyl (C=O) groups excluding carboxylic acids is 1. The minimum Gasteiger partial charge on any atom is -0.508 e. The van der Waals surface area contributed by atoms with E-state index in [9.17, 15) is 19.6 Å². The van der Waals surface area contributed by atoms with Crippen LogP contribution in [0.25, 0.3) is 10.8 Å². The molecule has 240 valence electrons. The van der Waals surface area contributed by atoms with Gasteiger partial charge in [-0.15, -0.1) is 0 Å². The summed E-state index contributed by atoms with van der Waals surface area (Å²) in [5.41, 5.74) is 2.95. The molecule has 46 heavy (non-hydrogen) atoms. The van der Waals surface area contributed by atoms with Crippen LogP contribution in [0.2, 0.25) is 0 Å². The maximum Gasteiger partial charge on any atom is 0.318 e. The van der Waals surface area contributed by atoms with E-state index >= 15 is 0 Å². The van der Waals surface area contributed by atoms with E-state index in [1.807, 2.05) is 24.3 Å². The third-order valence-corrected chi connectivity index (χ3v) is 10.0. The summed E-state index contributed by atoms with van der Waals surface area (Å²) in [5.74, 6) is 0.735. The van der Waals surface area contributed by atoms with E-state index in [1.165, 1.54) is 25.0 Å². The second-order valence-corrected chi connectivity index (χ2v) is 12.9. The van der Waals surface area contributed by atoms with Crippen LogP contribution in [-0.2, 0) is 17.8 Å². The van der Waals surface area contributed by atoms with Crippen LogP contribution < -0.4 is 14.5 Å². The van der Waals surface area contributed by atoms with Gasteiger partial charge in [-0.25, -0.2) is 4.39 Å². The van der Waals surface area contributed by atoms with Crippen LogP contribution in [0, 0.1) is 11.3 Å². The number of halogens is 1. The number of fused-ring (bicyclic) bond motifs is 2. The quantitative estimate of drug-likeness (QED) is 0.347. The van der Waals surface area contributed by atoms with E-state index in [1.54, 1.807) is 11.0 Å². The van der Waals surface area contributed by atoms with Gasteiger partial charge in [-0.1, -0.05) is 24.3 Å². The Labute approximate surface area is 268 Å². The fourth-order valence-electron chi connectivity index (χ4n) is 7.40. The fraction of sp³-hybridized carbons (Fsp3) is 0.486. The zero-order valence-corrected chi connectivity index (χ0v) is 26.1. The number of alkyl halides is 1. The number of phenols is 1. The number of likely N-dealkylation sites (tertiary alicyclic amines) is 1. The molecular weight excluding hydrogens is 585 g/mol. The summed E-state index contributed by atoms with van der Waals surface area (Å²) in [6, 6.07) is 13.9. The standard InChI is InChI=1S/C35H40FN7O3/c36-13-5-8-32(45)43-19-18-41(22-26(43)9-14-37)33-29-10-17-40(31-21-27(44)20-25-6-1-2-7-28(25)31)23-30(29)38-34(39-33)46-24-35(11-12-35)42-15-3-4-16-42/h1-2,5-8,20-21,26,44H,3-4,9-13,15-19,22-24H2/b8-5+/t26-/m0/s1. The number of amides is 1. The van der Waals surface area contributed by atoms with Crippen molar-refractivity contribution in [3.05, 3.63) is 59.8 Å². The van der Waals surface area contributed by atoms with Crippen molar-refractivity contribution in [2.75, 3.05) is 62.3 Å². The highest BCUT2D eigenvalue weighted by atomic mass is 19.1. The molecule has 0 spiro atoms. The van der Waals surface area contributed by atoms with Gasteiger partial charge in [0.1, 0.15) is 24.8 Å². The number of nitriles is 1. The maximum atomic E-state index is 12.8. The Hall–Kier alpha value is -4.43. The smallest absolute Gasteiger partial charge is 0.318 e. The van der Waals surface area contributed by atoms with E-state index in [4.69, 9.17) is 14.7 Å². The monoisotopic (exact) mass is 625 g/mol. The summed E-state index contributed by atoms with van der Waals surface area (Å²) in [5, 5.41) is 22.2. The van der Waals surface area contributed by atoms with Crippen molar-refractivity contribution in [3.8, 4) is 17.8 Å². The Morgan fingerprint density at radius 2 is 1.93 bits per heavy atom. The lowest BCUT2D eigenvalue weighted by atomic mass is 10.0. The van der Waals surface area contributed by atoms with Crippen LogP contribution in [0.3, 0.4) is 0 Å². The highest BCUT2D eigenvalue weighted by Gasteiger charge is 2.49. The van der Waals surface area contributed by atoms with E-state index in [-0.39, 0.29) is 29.7 Å². The summed E-state index contributed by atoms with van der Waals surface area (Å²) in [6.07, 6.45) is 8.00. The Morgan fingerprint density at radius 3 is 2.72 bits per heavy atom. The lowest BCUT2D eigenvalue weighted by molar-refractivity contribution is -0.128. The first-order chi connectivity index (χ1) is 22.5. The van der Waals surface area contributed by atoms with Crippen molar-refractivity contribution in [1.82, 2.24) is 19.8 Å². The number of piperazine rings is 1. The highest BCUT2D eigenvalue weighted by molar-refractivity contribution is 5.95. The molecule has 0 bridgehead atoms. The predicted octanol–water partition coefficient (Wildman–Crippen LogP) is 4.36. The van der Waals surface area contributed by atoms with Gasteiger partial charge >= 0.3 is 6.01 Å². The van der Waals surface area contributed by atoms with Crippen molar-refractivity contribution >= 4 is 28.2 Å². The number of benzene rings is 2. The van der Waals surface area contributed by atoms with E-state index in [0.717, 1.165) is 59.5 Å². The summed E-state index contributed by atoms with van der Waals surface area (Å²) in [4.78, 5) is 31.5.